The maximum atomic E-state index is 12.6. The molecule has 0 aliphatic carbocycles. The first-order valence-electron chi connectivity index (χ1n) is 7.26. The van der Waals surface area contributed by atoms with Gasteiger partial charge in [0, 0.05) is 0 Å². The number of primary sulfonamides is 1. The number of nitrogens with one attached hydrogen (secondary N) is 2. The van der Waals surface area contributed by atoms with Gasteiger partial charge >= 0.3 is 0 Å². The molecule has 0 radical (unpaired) electrons. The van der Waals surface area contributed by atoms with Crippen molar-refractivity contribution in [3.63, 3.8) is 0 Å². The quantitative estimate of drug-likeness (QED) is 0.584. The minimum Gasteiger partial charge on any atom is -0.495 e. The average molecular weight is 411 g/mol. The number of methoxy groups -OCH3 is 1. The maximum absolute atomic E-state index is 12.6. The molecule has 2 aromatic carbocycles. The molecule has 0 aromatic heterocycles. The van der Waals surface area contributed by atoms with E-state index in [-0.39, 0.29) is 27.5 Å². The van der Waals surface area contributed by atoms with Crippen molar-refractivity contribution >= 4 is 37.5 Å². The summed E-state index contributed by atoms with van der Waals surface area (Å²) in [7, 11) is -7.09. The zero-order valence-corrected chi connectivity index (χ0v) is 15.3. The van der Waals surface area contributed by atoms with E-state index >= 15 is 0 Å². The van der Waals surface area contributed by atoms with Crippen molar-refractivity contribution in [2.24, 2.45) is 5.14 Å². The molecule has 10 nitrogen and oxygen atoms in total. The SMILES string of the molecule is COc1ccc(NS(=O)(=O)c2ccc3c(c2)C(=O)NC3=O)cc1S(N)(=O)=O. The van der Waals surface area contributed by atoms with Gasteiger partial charge in [-0.3, -0.25) is 19.6 Å². The molecule has 2 amide bonds. The third kappa shape index (κ3) is 3.49. The van der Waals surface area contributed by atoms with Gasteiger partial charge in [0.2, 0.25) is 10.0 Å². The Labute approximate surface area is 154 Å². The normalized spacial score (nSPS) is 13.9. The molecule has 142 valence electrons. The van der Waals surface area contributed by atoms with Crippen molar-refractivity contribution < 1.29 is 31.2 Å². The summed E-state index contributed by atoms with van der Waals surface area (Å²) < 4.78 is 55.5. The number of imide groups is 1. The Morgan fingerprint density at radius 3 is 2.26 bits per heavy atom. The predicted molar refractivity (Wildman–Crippen MR) is 93.4 cm³/mol. The fraction of sp³-hybridized carbons (Fsp3) is 0.0667. The molecule has 2 aromatic rings. The first-order valence-corrected chi connectivity index (χ1v) is 10.3. The highest BCUT2D eigenvalue weighted by Crippen LogP contribution is 2.28. The molecule has 3 rings (SSSR count). The van der Waals surface area contributed by atoms with Gasteiger partial charge in [-0.2, -0.15) is 0 Å². The molecule has 12 heteroatoms. The highest BCUT2D eigenvalue weighted by molar-refractivity contribution is 7.92. The van der Waals surface area contributed by atoms with Crippen molar-refractivity contribution in [1.82, 2.24) is 5.32 Å². The fourth-order valence-electron chi connectivity index (χ4n) is 2.49. The van der Waals surface area contributed by atoms with Crippen molar-refractivity contribution in [3.05, 3.63) is 47.5 Å². The van der Waals surface area contributed by atoms with Crippen molar-refractivity contribution in [3.8, 4) is 5.75 Å². The molecule has 4 N–H and O–H groups in total. The van der Waals surface area contributed by atoms with E-state index in [0.29, 0.717) is 0 Å². The first kappa shape index (κ1) is 18.8. The third-order valence-electron chi connectivity index (χ3n) is 3.74. The summed E-state index contributed by atoms with van der Waals surface area (Å²) in [4.78, 5) is 22.6. The van der Waals surface area contributed by atoms with E-state index in [9.17, 15) is 26.4 Å². The number of carbonyl (C=O) groups is 2. The molecule has 1 aliphatic heterocycles. The summed E-state index contributed by atoms with van der Waals surface area (Å²) in [6, 6.07) is 6.97. The number of benzene rings is 2. The Bertz CT molecular complexity index is 1190. The number of nitrogens with two attached hydrogens (primary N) is 1. The first-order chi connectivity index (χ1) is 12.5. The zero-order chi connectivity index (χ0) is 20.0. The van der Waals surface area contributed by atoms with Gasteiger partial charge in [-0.1, -0.05) is 0 Å². The van der Waals surface area contributed by atoms with Crippen LogP contribution in [0.4, 0.5) is 5.69 Å². The van der Waals surface area contributed by atoms with Crippen molar-refractivity contribution in [2.45, 2.75) is 9.79 Å². The zero-order valence-electron chi connectivity index (χ0n) is 13.7. The summed E-state index contributed by atoms with van der Waals surface area (Å²) in [5.41, 5.74) is -0.0800. The largest absolute Gasteiger partial charge is 0.495 e. The molecule has 0 saturated carbocycles. The lowest BCUT2D eigenvalue weighted by Crippen LogP contribution is -2.20. The monoisotopic (exact) mass is 411 g/mol. The predicted octanol–water partition coefficient (Wildman–Crippen LogP) is 0.0270. The standard InChI is InChI=1S/C15H13N3O7S2/c1-25-12-5-2-8(6-13(12)26(16,21)22)18-27(23,24)9-3-4-10-11(7-9)15(20)17-14(10)19/h2-7,18H,1H3,(H2,16,21,22)(H,17,19,20). The van der Waals surface area contributed by atoms with E-state index in [0.717, 1.165) is 18.2 Å². The number of amides is 2. The van der Waals surface area contributed by atoms with Crippen LogP contribution in [0.2, 0.25) is 0 Å². The number of carbonyl (C=O) groups excluding carboxylic acids is 2. The van der Waals surface area contributed by atoms with E-state index in [1.807, 2.05) is 0 Å². The lowest BCUT2D eigenvalue weighted by molar-refractivity contribution is 0.0879. The van der Waals surface area contributed by atoms with Crippen LogP contribution in [-0.2, 0) is 20.0 Å². The van der Waals surface area contributed by atoms with Gasteiger partial charge in [0.1, 0.15) is 10.6 Å². The second-order valence-electron chi connectivity index (χ2n) is 5.51. The lowest BCUT2D eigenvalue weighted by atomic mass is 10.1. The van der Waals surface area contributed by atoms with Gasteiger partial charge in [-0.25, -0.2) is 22.0 Å². The highest BCUT2D eigenvalue weighted by Gasteiger charge is 2.29. The molecular formula is C15H13N3O7S2. The fourth-order valence-corrected chi connectivity index (χ4v) is 4.29. The van der Waals surface area contributed by atoms with Gasteiger partial charge in [-0.15, -0.1) is 0 Å². The van der Waals surface area contributed by atoms with Gasteiger partial charge in [-0.05, 0) is 36.4 Å². The maximum Gasteiger partial charge on any atom is 0.261 e. The summed E-state index contributed by atoms with van der Waals surface area (Å²) in [6.07, 6.45) is 0. The second-order valence-corrected chi connectivity index (χ2v) is 8.72. The third-order valence-corrected chi connectivity index (χ3v) is 6.05. The topological polar surface area (TPSA) is 162 Å². The number of anilines is 1. The summed E-state index contributed by atoms with van der Waals surface area (Å²) in [5.74, 6) is -1.36. The van der Waals surface area contributed by atoms with Crippen LogP contribution in [0.1, 0.15) is 20.7 Å². The number of hydrogen-bond donors (Lipinski definition) is 3. The summed E-state index contributed by atoms with van der Waals surface area (Å²) in [6.45, 7) is 0. The Balaban J connectivity index is 2.00. The molecule has 27 heavy (non-hydrogen) atoms. The molecule has 0 fully saturated rings. The van der Waals surface area contributed by atoms with E-state index in [1.54, 1.807) is 0 Å². The van der Waals surface area contributed by atoms with Gasteiger partial charge < -0.3 is 4.74 Å². The summed E-state index contributed by atoms with van der Waals surface area (Å²) >= 11 is 0. The van der Waals surface area contributed by atoms with Crippen molar-refractivity contribution in [2.75, 3.05) is 11.8 Å². The number of sulfonamides is 2. The van der Waals surface area contributed by atoms with Crippen LogP contribution in [-0.4, -0.2) is 35.8 Å². The molecular weight excluding hydrogens is 398 g/mol. The molecule has 0 spiro atoms. The number of hydrogen-bond acceptors (Lipinski definition) is 7. The van der Waals surface area contributed by atoms with Crippen LogP contribution < -0.4 is 19.9 Å². The Morgan fingerprint density at radius 2 is 1.63 bits per heavy atom. The number of fused-ring (bicyclic) bond motifs is 1. The van der Waals surface area contributed by atoms with Gasteiger partial charge in [0.05, 0.1) is 28.8 Å². The molecule has 1 heterocycles. The molecule has 0 bridgehead atoms. The van der Waals surface area contributed by atoms with Crippen molar-refractivity contribution in [1.29, 1.82) is 0 Å². The van der Waals surface area contributed by atoms with E-state index in [4.69, 9.17) is 9.88 Å². The molecule has 0 unspecified atom stereocenters. The molecule has 0 atom stereocenters. The lowest BCUT2D eigenvalue weighted by Gasteiger charge is -2.12. The Hall–Kier alpha value is -2.96. The van der Waals surface area contributed by atoms with Crippen LogP contribution in [0.3, 0.4) is 0 Å². The highest BCUT2D eigenvalue weighted by atomic mass is 32.2. The van der Waals surface area contributed by atoms with E-state index in [1.165, 1.54) is 25.3 Å². The molecule has 1 aliphatic rings. The van der Waals surface area contributed by atoms with Gasteiger partial charge in [0.25, 0.3) is 21.8 Å². The Morgan fingerprint density at radius 1 is 0.963 bits per heavy atom. The second kappa shape index (κ2) is 6.33. The van der Waals surface area contributed by atoms with Crippen LogP contribution in [0.5, 0.6) is 5.75 Å². The number of ether oxygens (including phenoxy) is 1. The van der Waals surface area contributed by atoms with Crippen LogP contribution in [0.25, 0.3) is 0 Å². The van der Waals surface area contributed by atoms with Gasteiger partial charge in [0.15, 0.2) is 0 Å². The minimum absolute atomic E-state index is 0.0480. The average Bonchev–Trinajstić information content (AvgIpc) is 2.87. The van der Waals surface area contributed by atoms with Crippen LogP contribution in [0.15, 0.2) is 46.2 Å². The Kier molecular flexibility index (Phi) is 4.41. The minimum atomic E-state index is -4.18. The summed E-state index contributed by atoms with van der Waals surface area (Å²) in [5, 5.41) is 7.17. The number of rotatable bonds is 5. The van der Waals surface area contributed by atoms with Crippen LogP contribution >= 0.6 is 0 Å². The van der Waals surface area contributed by atoms with E-state index < -0.39 is 36.8 Å². The smallest absolute Gasteiger partial charge is 0.261 e. The van der Waals surface area contributed by atoms with Crippen LogP contribution in [0, 0.1) is 0 Å². The molecule has 0 saturated heterocycles. The van der Waals surface area contributed by atoms with E-state index in [2.05, 4.69) is 10.0 Å².